The van der Waals surface area contributed by atoms with Crippen molar-refractivity contribution in [2.75, 3.05) is 11.9 Å². The van der Waals surface area contributed by atoms with Crippen LogP contribution in [0.5, 0.6) is 0 Å². The van der Waals surface area contributed by atoms with Crippen molar-refractivity contribution in [1.29, 1.82) is 0 Å². The number of rotatable bonds is 5. The average Bonchev–Trinajstić information content (AvgIpc) is 3.22. The van der Waals surface area contributed by atoms with Crippen LogP contribution in [0.2, 0.25) is 0 Å². The van der Waals surface area contributed by atoms with Crippen LogP contribution in [0.1, 0.15) is 30.1 Å². The maximum absolute atomic E-state index is 13.6. The predicted octanol–water partition coefficient (Wildman–Crippen LogP) is 2.69. The van der Waals surface area contributed by atoms with Gasteiger partial charge in [-0.15, -0.1) is 0 Å². The van der Waals surface area contributed by atoms with Gasteiger partial charge in [-0.1, -0.05) is 6.92 Å². The number of amides is 2. The molecular formula is C14H17FN2O3. The van der Waals surface area contributed by atoms with Crippen molar-refractivity contribution < 1.29 is 19.1 Å². The number of carbonyl (C=O) groups is 2. The van der Waals surface area contributed by atoms with E-state index in [1.165, 1.54) is 25.0 Å². The number of carboxylic acids is 1. The Kier molecular flexibility index (Phi) is 4.22. The van der Waals surface area contributed by atoms with E-state index in [0.717, 1.165) is 6.07 Å². The monoisotopic (exact) mass is 280 g/mol. The number of nitrogens with one attached hydrogen (secondary N) is 2. The van der Waals surface area contributed by atoms with Gasteiger partial charge in [-0.25, -0.2) is 14.0 Å². The van der Waals surface area contributed by atoms with E-state index in [2.05, 4.69) is 17.6 Å². The molecule has 2 amide bonds. The lowest BCUT2D eigenvalue weighted by atomic mass is 10.1. The molecule has 0 aliphatic heterocycles. The molecule has 1 saturated carbocycles. The van der Waals surface area contributed by atoms with Gasteiger partial charge in [0, 0.05) is 6.54 Å². The first-order valence-corrected chi connectivity index (χ1v) is 6.55. The van der Waals surface area contributed by atoms with Gasteiger partial charge < -0.3 is 15.7 Å². The van der Waals surface area contributed by atoms with E-state index in [9.17, 15) is 14.0 Å². The fourth-order valence-corrected chi connectivity index (χ4v) is 2.00. The van der Waals surface area contributed by atoms with Crippen molar-refractivity contribution in [2.45, 2.75) is 19.8 Å². The summed E-state index contributed by atoms with van der Waals surface area (Å²) in [6, 6.07) is 2.88. The zero-order valence-corrected chi connectivity index (χ0v) is 11.1. The van der Waals surface area contributed by atoms with Gasteiger partial charge in [0.1, 0.15) is 5.82 Å². The van der Waals surface area contributed by atoms with Crippen LogP contribution in [-0.2, 0) is 0 Å². The molecule has 1 aliphatic rings. The number of carboxylic acid groups (broad SMARTS) is 1. The van der Waals surface area contributed by atoms with Gasteiger partial charge in [0.2, 0.25) is 0 Å². The minimum atomic E-state index is -1.21. The van der Waals surface area contributed by atoms with Gasteiger partial charge in [0.05, 0.1) is 11.3 Å². The van der Waals surface area contributed by atoms with Crippen molar-refractivity contribution in [3.8, 4) is 0 Å². The fourth-order valence-electron chi connectivity index (χ4n) is 2.00. The van der Waals surface area contributed by atoms with Gasteiger partial charge in [0.25, 0.3) is 0 Å². The van der Waals surface area contributed by atoms with Gasteiger partial charge in [0.15, 0.2) is 0 Å². The summed E-state index contributed by atoms with van der Waals surface area (Å²) in [5.41, 5.74) is -0.192. The highest BCUT2D eigenvalue weighted by Gasteiger charge is 2.27. The highest BCUT2D eigenvalue weighted by molar-refractivity contribution is 5.91. The first kappa shape index (κ1) is 14.3. The van der Waals surface area contributed by atoms with E-state index in [4.69, 9.17) is 5.11 Å². The molecule has 5 nitrogen and oxygen atoms in total. The molecule has 20 heavy (non-hydrogen) atoms. The Hall–Kier alpha value is -2.11. The molecule has 0 radical (unpaired) electrons. The van der Waals surface area contributed by atoms with Crippen molar-refractivity contribution in [1.82, 2.24) is 5.32 Å². The number of urea groups is 1. The molecule has 2 rings (SSSR count). The van der Waals surface area contributed by atoms with Crippen LogP contribution in [-0.4, -0.2) is 23.7 Å². The van der Waals surface area contributed by atoms with Crippen molar-refractivity contribution in [3.05, 3.63) is 29.6 Å². The van der Waals surface area contributed by atoms with E-state index < -0.39 is 17.8 Å². The van der Waals surface area contributed by atoms with Gasteiger partial charge >= 0.3 is 12.0 Å². The quantitative estimate of drug-likeness (QED) is 0.776. The molecule has 1 fully saturated rings. The Morgan fingerprint density at radius 3 is 2.70 bits per heavy atom. The van der Waals surface area contributed by atoms with Crippen LogP contribution in [0.4, 0.5) is 14.9 Å². The highest BCUT2D eigenvalue weighted by Crippen LogP contribution is 2.36. The van der Waals surface area contributed by atoms with Gasteiger partial charge in [-0.3, -0.25) is 0 Å². The standard InChI is InChI=1S/C14H17FN2O3/c1-8(9-2-3-9)7-16-14(20)17-12-5-4-10(13(18)19)6-11(12)15/h4-6,8-9H,2-3,7H2,1H3,(H,18,19)(H2,16,17,20). The van der Waals surface area contributed by atoms with E-state index in [1.807, 2.05) is 0 Å². The molecule has 0 bridgehead atoms. The molecule has 6 heteroatoms. The molecule has 0 saturated heterocycles. The van der Waals surface area contributed by atoms with Crippen molar-refractivity contribution in [3.63, 3.8) is 0 Å². The number of halogens is 1. The summed E-state index contributed by atoms with van der Waals surface area (Å²) in [5.74, 6) is -0.879. The second kappa shape index (κ2) is 5.90. The van der Waals surface area contributed by atoms with Crippen LogP contribution in [0.25, 0.3) is 0 Å². The zero-order valence-electron chi connectivity index (χ0n) is 11.1. The summed E-state index contributed by atoms with van der Waals surface area (Å²) in [7, 11) is 0. The van der Waals surface area contributed by atoms with Crippen LogP contribution in [0.3, 0.4) is 0 Å². The van der Waals surface area contributed by atoms with E-state index in [0.29, 0.717) is 18.4 Å². The molecule has 0 spiro atoms. The number of carbonyl (C=O) groups excluding carboxylic acids is 1. The lowest BCUT2D eigenvalue weighted by molar-refractivity contribution is 0.0696. The minimum Gasteiger partial charge on any atom is -0.478 e. The minimum absolute atomic E-state index is 0.0356. The van der Waals surface area contributed by atoms with Crippen LogP contribution >= 0.6 is 0 Å². The summed E-state index contributed by atoms with van der Waals surface area (Å²) < 4.78 is 13.6. The lowest BCUT2D eigenvalue weighted by Gasteiger charge is -2.12. The Labute approximate surface area is 116 Å². The summed E-state index contributed by atoms with van der Waals surface area (Å²) in [6.45, 7) is 2.62. The summed E-state index contributed by atoms with van der Waals surface area (Å²) in [4.78, 5) is 22.3. The molecule has 0 aromatic heterocycles. The Morgan fingerprint density at radius 2 is 2.15 bits per heavy atom. The number of hydrogen-bond donors (Lipinski definition) is 3. The second-order valence-electron chi connectivity index (χ2n) is 5.15. The zero-order chi connectivity index (χ0) is 14.7. The second-order valence-corrected chi connectivity index (χ2v) is 5.15. The van der Waals surface area contributed by atoms with Crippen molar-refractivity contribution >= 4 is 17.7 Å². The average molecular weight is 280 g/mol. The smallest absolute Gasteiger partial charge is 0.335 e. The number of aromatic carboxylic acids is 1. The Morgan fingerprint density at radius 1 is 1.45 bits per heavy atom. The molecule has 1 aromatic rings. The largest absolute Gasteiger partial charge is 0.478 e. The van der Waals surface area contributed by atoms with E-state index >= 15 is 0 Å². The third-order valence-electron chi connectivity index (χ3n) is 3.48. The molecule has 1 unspecified atom stereocenters. The molecule has 3 N–H and O–H groups in total. The molecule has 1 aromatic carbocycles. The molecule has 1 atom stereocenters. The molecule has 108 valence electrons. The Balaban J connectivity index is 1.88. The summed E-state index contributed by atoms with van der Waals surface area (Å²) >= 11 is 0. The normalized spacial score (nSPS) is 15.5. The number of hydrogen-bond acceptors (Lipinski definition) is 2. The Bertz CT molecular complexity index is 529. The SMILES string of the molecule is CC(CNC(=O)Nc1ccc(C(=O)O)cc1F)C1CC1. The maximum atomic E-state index is 13.6. The summed E-state index contributed by atoms with van der Waals surface area (Å²) in [6.07, 6.45) is 2.41. The predicted molar refractivity (Wildman–Crippen MR) is 72.3 cm³/mol. The third-order valence-corrected chi connectivity index (χ3v) is 3.48. The first-order chi connectivity index (χ1) is 9.47. The summed E-state index contributed by atoms with van der Waals surface area (Å²) in [5, 5.41) is 13.8. The highest BCUT2D eigenvalue weighted by atomic mass is 19.1. The van der Waals surface area contributed by atoms with Crippen LogP contribution < -0.4 is 10.6 Å². The lowest BCUT2D eigenvalue weighted by Crippen LogP contribution is -2.33. The maximum Gasteiger partial charge on any atom is 0.335 e. The number of anilines is 1. The topological polar surface area (TPSA) is 78.4 Å². The molecular weight excluding hydrogens is 263 g/mol. The van der Waals surface area contributed by atoms with Gasteiger partial charge in [-0.05, 0) is 42.9 Å². The van der Waals surface area contributed by atoms with E-state index in [1.54, 1.807) is 0 Å². The first-order valence-electron chi connectivity index (χ1n) is 6.55. The van der Waals surface area contributed by atoms with Gasteiger partial charge in [-0.2, -0.15) is 0 Å². The molecule has 0 heterocycles. The molecule has 1 aliphatic carbocycles. The third kappa shape index (κ3) is 3.69. The van der Waals surface area contributed by atoms with Crippen LogP contribution in [0, 0.1) is 17.7 Å². The van der Waals surface area contributed by atoms with Crippen LogP contribution in [0.15, 0.2) is 18.2 Å². The van der Waals surface area contributed by atoms with Crippen molar-refractivity contribution in [2.24, 2.45) is 11.8 Å². The number of benzene rings is 1. The fraction of sp³-hybridized carbons (Fsp3) is 0.429. The van der Waals surface area contributed by atoms with E-state index in [-0.39, 0.29) is 11.3 Å².